The topological polar surface area (TPSA) is 71.4 Å². The van der Waals surface area contributed by atoms with E-state index in [2.05, 4.69) is 5.32 Å². The summed E-state index contributed by atoms with van der Waals surface area (Å²) in [5, 5.41) is 10.8. The Labute approximate surface area is 116 Å². The second kappa shape index (κ2) is 6.87. The van der Waals surface area contributed by atoms with Gasteiger partial charge in [0.15, 0.2) is 5.82 Å². The minimum atomic E-state index is -0.583. The zero-order valence-electron chi connectivity index (χ0n) is 10.9. The molecule has 106 valence electrons. The maximum atomic E-state index is 13.8. The van der Waals surface area contributed by atoms with Crippen LogP contribution in [0.15, 0.2) is 18.2 Å². The molecule has 20 heavy (non-hydrogen) atoms. The number of amides is 1. The molecule has 0 bridgehead atoms. The van der Waals surface area contributed by atoms with E-state index < -0.39 is 11.7 Å². The van der Waals surface area contributed by atoms with Crippen LogP contribution in [0.2, 0.25) is 0 Å². The lowest BCUT2D eigenvalue weighted by Crippen LogP contribution is -2.26. The molecule has 1 N–H and O–H groups in total. The van der Waals surface area contributed by atoms with Crippen LogP contribution in [0.25, 0.3) is 0 Å². The van der Waals surface area contributed by atoms with Gasteiger partial charge in [-0.3, -0.25) is 4.79 Å². The minimum absolute atomic E-state index is 0.0146. The van der Waals surface area contributed by atoms with Crippen molar-refractivity contribution in [2.75, 3.05) is 18.5 Å². The summed E-state index contributed by atoms with van der Waals surface area (Å²) >= 11 is 0. The summed E-state index contributed by atoms with van der Waals surface area (Å²) in [6, 6.07) is 6.07. The van der Waals surface area contributed by atoms with Crippen molar-refractivity contribution in [1.82, 2.24) is 0 Å². The Morgan fingerprint density at radius 1 is 1.50 bits per heavy atom. The summed E-state index contributed by atoms with van der Waals surface area (Å²) in [4.78, 5) is 11.4. The van der Waals surface area contributed by atoms with E-state index in [4.69, 9.17) is 14.7 Å². The maximum Gasteiger partial charge on any atom is 0.238 e. The summed E-state index contributed by atoms with van der Waals surface area (Å²) in [6.45, 7) is 1.21. The van der Waals surface area contributed by atoms with Crippen LogP contribution < -0.4 is 10.1 Å². The van der Waals surface area contributed by atoms with Crippen LogP contribution >= 0.6 is 0 Å². The minimum Gasteiger partial charge on any atom is -0.488 e. The number of nitrogens with zero attached hydrogens (tertiary/aromatic N) is 1. The van der Waals surface area contributed by atoms with Gasteiger partial charge in [-0.05, 0) is 12.1 Å². The van der Waals surface area contributed by atoms with Crippen molar-refractivity contribution >= 4 is 11.6 Å². The van der Waals surface area contributed by atoms with Gasteiger partial charge in [0, 0.05) is 12.8 Å². The second-order valence-electron chi connectivity index (χ2n) is 4.43. The first-order valence-corrected chi connectivity index (χ1v) is 6.40. The Balaban J connectivity index is 2.13. The number of carbonyl (C=O) groups excluding carboxylic acids is 1. The average molecular weight is 278 g/mol. The molecular weight excluding hydrogens is 263 g/mol. The fraction of sp³-hybridized carbons (Fsp3) is 0.429. The molecule has 2 rings (SSSR count). The first-order chi connectivity index (χ1) is 9.70. The monoisotopic (exact) mass is 278 g/mol. The van der Waals surface area contributed by atoms with E-state index in [1.54, 1.807) is 12.1 Å². The number of hydrogen-bond acceptors (Lipinski definition) is 4. The number of hydrogen-bond donors (Lipinski definition) is 1. The molecule has 6 heteroatoms. The van der Waals surface area contributed by atoms with E-state index in [-0.39, 0.29) is 24.0 Å². The number of benzene rings is 1. The van der Waals surface area contributed by atoms with Gasteiger partial charge < -0.3 is 14.8 Å². The van der Waals surface area contributed by atoms with E-state index in [0.717, 1.165) is 12.8 Å². The van der Waals surface area contributed by atoms with Crippen molar-refractivity contribution in [3.63, 3.8) is 0 Å². The molecule has 5 nitrogen and oxygen atoms in total. The summed E-state index contributed by atoms with van der Waals surface area (Å²) in [5.74, 6) is -0.863. The quantitative estimate of drug-likeness (QED) is 0.916. The first kappa shape index (κ1) is 14.3. The number of rotatable bonds is 4. The number of anilines is 1. The molecule has 1 fully saturated rings. The predicted octanol–water partition coefficient (Wildman–Crippen LogP) is 2.24. The van der Waals surface area contributed by atoms with Gasteiger partial charge in [-0.25, -0.2) is 4.39 Å². The van der Waals surface area contributed by atoms with Crippen LogP contribution in [-0.2, 0) is 9.53 Å². The highest BCUT2D eigenvalue weighted by Gasteiger charge is 2.19. The fourth-order valence-electron chi connectivity index (χ4n) is 1.95. The summed E-state index contributed by atoms with van der Waals surface area (Å²) < 4.78 is 24.8. The molecular formula is C14H15FN2O3. The van der Waals surface area contributed by atoms with Gasteiger partial charge in [-0.15, -0.1) is 0 Å². The Hall–Kier alpha value is -2.13. The molecule has 1 aliphatic heterocycles. The number of carbonyl (C=O) groups is 1. The van der Waals surface area contributed by atoms with Crippen molar-refractivity contribution in [3.8, 4) is 11.8 Å². The number of nitriles is 1. The van der Waals surface area contributed by atoms with Crippen molar-refractivity contribution < 1.29 is 18.7 Å². The Kier molecular flexibility index (Phi) is 4.91. The third kappa shape index (κ3) is 3.68. The molecule has 0 unspecified atom stereocenters. The van der Waals surface area contributed by atoms with Gasteiger partial charge in [-0.1, -0.05) is 6.07 Å². The van der Waals surface area contributed by atoms with E-state index >= 15 is 0 Å². The van der Waals surface area contributed by atoms with Crippen molar-refractivity contribution in [1.29, 1.82) is 5.26 Å². The zero-order valence-corrected chi connectivity index (χ0v) is 10.9. The van der Waals surface area contributed by atoms with Crippen molar-refractivity contribution in [3.05, 3.63) is 24.0 Å². The van der Waals surface area contributed by atoms with Crippen molar-refractivity contribution in [2.45, 2.75) is 25.4 Å². The third-order valence-electron chi connectivity index (χ3n) is 2.94. The Morgan fingerprint density at radius 3 is 2.95 bits per heavy atom. The van der Waals surface area contributed by atoms with Crippen LogP contribution in [-0.4, -0.2) is 25.2 Å². The van der Waals surface area contributed by atoms with E-state index in [1.807, 2.05) is 0 Å². The molecule has 0 spiro atoms. The molecule has 1 aromatic carbocycles. The lowest BCUT2D eigenvalue weighted by atomic mass is 10.1. The van der Waals surface area contributed by atoms with Gasteiger partial charge in [0.1, 0.15) is 24.0 Å². The largest absolute Gasteiger partial charge is 0.488 e. The Morgan fingerprint density at radius 2 is 2.25 bits per heavy atom. The lowest BCUT2D eigenvalue weighted by molar-refractivity contribution is -0.115. The lowest BCUT2D eigenvalue weighted by Gasteiger charge is -2.24. The zero-order chi connectivity index (χ0) is 14.4. The standard InChI is InChI=1S/C14H15FN2O3/c15-11-2-1-3-12(14(11)17-13(18)4-7-16)20-10-5-8-19-9-6-10/h1-3,10H,4-6,8-9H2,(H,17,18). The summed E-state index contributed by atoms with van der Waals surface area (Å²) in [6.07, 6.45) is 1.06. The molecule has 0 aromatic heterocycles. The SMILES string of the molecule is N#CCC(=O)Nc1c(F)cccc1OC1CCOCC1. The summed E-state index contributed by atoms with van der Waals surface area (Å²) in [7, 11) is 0. The third-order valence-corrected chi connectivity index (χ3v) is 2.94. The van der Waals surface area contributed by atoms with Gasteiger partial charge in [-0.2, -0.15) is 5.26 Å². The van der Waals surface area contributed by atoms with Gasteiger partial charge in [0.05, 0.1) is 19.3 Å². The smallest absolute Gasteiger partial charge is 0.238 e. The highest BCUT2D eigenvalue weighted by atomic mass is 19.1. The summed E-state index contributed by atoms with van der Waals surface area (Å²) in [5.41, 5.74) is -0.0146. The molecule has 0 saturated carbocycles. The number of nitrogens with one attached hydrogen (secondary N) is 1. The Bertz CT molecular complexity index is 522. The molecule has 0 atom stereocenters. The van der Waals surface area contributed by atoms with Crippen LogP contribution in [0.5, 0.6) is 5.75 Å². The molecule has 0 radical (unpaired) electrons. The highest BCUT2D eigenvalue weighted by molar-refractivity contribution is 5.93. The molecule has 1 heterocycles. The average Bonchev–Trinajstić information content (AvgIpc) is 2.44. The van der Waals surface area contributed by atoms with E-state index in [0.29, 0.717) is 13.2 Å². The van der Waals surface area contributed by atoms with Crippen molar-refractivity contribution in [2.24, 2.45) is 0 Å². The van der Waals surface area contributed by atoms with E-state index in [1.165, 1.54) is 12.1 Å². The van der Waals surface area contributed by atoms with E-state index in [9.17, 15) is 9.18 Å². The number of ether oxygens (including phenoxy) is 2. The van der Waals surface area contributed by atoms with Crippen LogP contribution in [0.3, 0.4) is 0 Å². The maximum absolute atomic E-state index is 13.8. The molecule has 1 amide bonds. The highest BCUT2D eigenvalue weighted by Crippen LogP contribution is 2.30. The fourth-order valence-corrected chi connectivity index (χ4v) is 1.95. The van der Waals surface area contributed by atoms with Crippen LogP contribution in [0, 0.1) is 17.1 Å². The molecule has 0 aliphatic carbocycles. The normalized spacial score (nSPS) is 15.4. The van der Waals surface area contributed by atoms with Gasteiger partial charge in [0.2, 0.25) is 5.91 Å². The molecule has 1 aromatic rings. The van der Waals surface area contributed by atoms with Gasteiger partial charge in [0.25, 0.3) is 0 Å². The number of halogens is 1. The van der Waals surface area contributed by atoms with Crippen LogP contribution in [0.4, 0.5) is 10.1 Å². The number of para-hydroxylation sites is 1. The van der Waals surface area contributed by atoms with Crippen LogP contribution in [0.1, 0.15) is 19.3 Å². The first-order valence-electron chi connectivity index (χ1n) is 6.40. The molecule has 1 saturated heterocycles. The molecule has 1 aliphatic rings. The predicted molar refractivity (Wildman–Crippen MR) is 69.7 cm³/mol. The van der Waals surface area contributed by atoms with Gasteiger partial charge >= 0.3 is 0 Å². The second-order valence-corrected chi connectivity index (χ2v) is 4.43.